The molecule has 2 atom stereocenters. The molecule has 0 aromatic heterocycles. The molecular weight excluding hydrogens is 566 g/mol. The summed E-state index contributed by atoms with van der Waals surface area (Å²) >= 11 is 0. The molecule has 0 bridgehead atoms. The predicted octanol–water partition coefficient (Wildman–Crippen LogP) is 10.5. The molecule has 7 heteroatoms. The summed E-state index contributed by atoms with van der Waals surface area (Å²) in [4.78, 5) is 11.8. The van der Waals surface area contributed by atoms with E-state index in [1.807, 2.05) is 43.3 Å². The molecule has 2 aromatic carbocycles. The fourth-order valence-corrected chi connectivity index (χ4v) is 6.16. The number of nitrogens with zero attached hydrogens (tertiary/aromatic N) is 1. The lowest BCUT2D eigenvalue weighted by atomic mass is 9.80. The largest absolute Gasteiger partial charge is 0.494 e. The molecule has 1 unspecified atom stereocenters. The van der Waals surface area contributed by atoms with Crippen molar-refractivity contribution in [3.63, 3.8) is 0 Å². The highest BCUT2D eigenvalue weighted by Crippen LogP contribution is 2.48. The molecule has 1 aliphatic rings. The SMILES string of the molecule is CCCCCCCCCCOc1cccc(-c2ccccc2[C@]2(OC)CC=C([N+](=O)[O-])C(OC(C)CCCCCC)=C2OC)c1. The highest BCUT2D eigenvalue weighted by Gasteiger charge is 2.48. The van der Waals surface area contributed by atoms with Crippen LogP contribution in [0, 0.1) is 10.1 Å². The number of unbranched alkanes of at least 4 members (excludes halogenated alkanes) is 10. The van der Waals surface area contributed by atoms with Crippen molar-refractivity contribution in [2.75, 3.05) is 20.8 Å². The maximum Gasteiger partial charge on any atom is 0.310 e. The van der Waals surface area contributed by atoms with Crippen LogP contribution in [0.15, 0.2) is 71.8 Å². The quantitative estimate of drug-likeness (QED) is 0.0739. The van der Waals surface area contributed by atoms with E-state index in [0.717, 1.165) is 61.0 Å². The first-order valence-electron chi connectivity index (χ1n) is 17.1. The smallest absolute Gasteiger partial charge is 0.310 e. The fourth-order valence-electron chi connectivity index (χ4n) is 6.16. The fraction of sp³-hybridized carbons (Fsp3) is 0.579. The Hall–Kier alpha value is -3.32. The van der Waals surface area contributed by atoms with Gasteiger partial charge in [-0.2, -0.15) is 0 Å². The normalized spacial score (nSPS) is 17.1. The first-order valence-corrected chi connectivity index (χ1v) is 17.1. The molecule has 3 rings (SSSR count). The van der Waals surface area contributed by atoms with E-state index in [2.05, 4.69) is 26.0 Å². The van der Waals surface area contributed by atoms with Crippen LogP contribution in [0.5, 0.6) is 5.75 Å². The molecule has 0 saturated heterocycles. The molecule has 1 aliphatic carbocycles. The third kappa shape index (κ3) is 10.1. The first kappa shape index (κ1) is 36.2. The van der Waals surface area contributed by atoms with Gasteiger partial charge in [-0.05, 0) is 55.0 Å². The summed E-state index contributed by atoms with van der Waals surface area (Å²) in [6.07, 6.45) is 16.9. The van der Waals surface area contributed by atoms with Crippen molar-refractivity contribution in [1.29, 1.82) is 0 Å². The zero-order valence-corrected chi connectivity index (χ0v) is 28.3. The number of hydrogen-bond donors (Lipinski definition) is 0. The van der Waals surface area contributed by atoms with Crippen LogP contribution >= 0.6 is 0 Å². The van der Waals surface area contributed by atoms with E-state index < -0.39 is 10.5 Å². The van der Waals surface area contributed by atoms with Gasteiger partial charge >= 0.3 is 5.70 Å². The summed E-state index contributed by atoms with van der Waals surface area (Å²) in [6, 6.07) is 16.1. The zero-order valence-electron chi connectivity index (χ0n) is 28.3. The van der Waals surface area contributed by atoms with Gasteiger partial charge in [0.15, 0.2) is 11.4 Å². The summed E-state index contributed by atoms with van der Waals surface area (Å²) in [5, 5.41) is 12.2. The maximum atomic E-state index is 12.2. The number of ether oxygens (including phenoxy) is 4. The molecule has 0 spiro atoms. The third-order valence-electron chi connectivity index (χ3n) is 8.69. The molecule has 0 N–H and O–H groups in total. The van der Waals surface area contributed by atoms with Gasteiger partial charge in [0.05, 0.1) is 24.7 Å². The first-order chi connectivity index (χ1) is 21.9. The van der Waals surface area contributed by atoms with Crippen LogP contribution in [0.1, 0.15) is 116 Å². The standard InChI is InChI=1S/C38H55NO6/c1-6-8-10-12-13-14-15-19-28-44-32-23-20-22-31(29-32)33-24-17-18-25-34(33)38(43-5)27-26-35(39(40)41)36(37(38)42-4)45-30(3)21-16-11-9-7-2/h17-18,20,22-26,29-30H,6-16,19,21,27-28H2,1-5H3/t30?,38-/m1/s1. The van der Waals surface area contributed by atoms with Crippen molar-refractivity contribution in [3.05, 3.63) is 87.5 Å². The van der Waals surface area contributed by atoms with E-state index in [4.69, 9.17) is 18.9 Å². The number of methoxy groups -OCH3 is 2. The molecule has 45 heavy (non-hydrogen) atoms. The second kappa shape index (κ2) is 19.3. The van der Waals surface area contributed by atoms with Gasteiger partial charge in [-0.25, -0.2) is 0 Å². The van der Waals surface area contributed by atoms with E-state index in [9.17, 15) is 10.1 Å². The average molecular weight is 622 g/mol. The van der Waals surface area contributed by atoms with Gasteiger partial charge in [0.1, 0.15) is 5.75 Å². The van der Waals surface area contributed by atoms with Gasteiger partial charge in [0.2, 0.25) is 5.76 Å². The van der Waals surface area contributed by atoms with E-state index in [-0.39, 0.29) is 24.0 Å². The Morgan fingerprint density at radius 3 is 2.20 bits per heavy atom. The minimum Gasteiger partial charge on any atom is -0.494 e. The Balaban J connectivity index is 1.85. The molecule has 0 amide bonds. The van der Waals surface area contributed by atoms with E-state index in [1.54, 1.807) is 13.2 Å². The van der Waals surface area contributed by atoms with Gasteiger partial charge in [0, 0.05) is 19.6 Å². The number of rotatable bonds is 22. The monoisotopic (exact) mass is 621 g/mol. The summed E-state index contributed by atoms with van der Waals surface area (Å²) < 4.78 is 24.8. The van der Waals surface area contributed by atoms with Gasteiger partial charge in [-0.1, -0.05) is 114 Å². The van der Waals surface area contributed by atoms with Crippen LogP contribution < -0.4 is 4.74 Å². The molecule has 2 aromatic rings. The molecule has 0 heterocycles. The zero-order chi connectivity index (χ0) is 32.5. The molecule has 248 valence electrons. The average Bonchev–Trinajstić information content (AvgIpc) is 3.05. The van der Waals surface area contributed by atoms with E-state index in [1.165, 1.54) is 52.1 Å². The number of nitro groups is 1. The van der Waals surface area contributed by atoms with Crippen molar-refractivity contribution in [3.8, 4) is 16.9 Å². The lowest BCUT2D eigenvalue weighted by molar-refractivity contribution is -0.426. The minimum atomic E-state index is -1.11. The van der Waals surface area contributed by atoms with Crippen molar-refractivity contribution >= 4 is 0 Å². The van der Waals surface area contributed by atoms with Gasteiger partial charge in [-0.15, -0.1) is 0 Å². The Morgan fingerprint density at radius 1 is 0.867 bits per heavy atom. The highest BCUT2D eigenvalue weighted by molar-refractivity contribution is 5.71. The highest BCUT2D eigenvalue weighted by atomic mass is 16.6. The van der Waals surface area contributed by atoms with Crippen LogP contribution in [0.2, 0.25) is 0 Å². The molecule has 0 fully saturated rings. The van der Waals surface area contributed by atoms with Crippen LogP contribution in [0.4, 0.5) is 0 Å². The van der Waals surface area contributed by atoms with Crippen LogP contribution in [0.3, 0.4) is 0 Å². The second-order valence-corrected chi connectivity index (χ2v) is 12.1. The molecule has 0 aliphatic heterocycles. The summed E-state index contributed by atoms with van der Waals surface area (Å²) in [5.41, 5.74) is 1.56. The van der Waals surface area contributed by atoms with Crippen LogP contribution in [0.25, 0.3) is 11.1 Å². The van der Waals surface area contributed by atoms with E-state index >= 15 is 0 Å². The summed E-state index contributed by atoms with van der Waals surface area (Å²) in [7, 11) is 3.15. The van der Waals surface area contributed by atoms with Crippen LogP contribution in [-0.4, -0.2) is 31.9 Å². The van der Waals surface area contributed by atoms with Gasteiger partial charge in [-0.3, -0.25) is 10.1 Å². The maximum absolute atomic E-state index is 12.2. The second-order valence-electron chi connectivity index (χ2n) is 12.1. The Labute approximate surface area is 271 Å². The summed E-state index contributed by atoms with van der Waals surface area (Å²) in [5.74, 6) is 1.27. The molecule has 0 saturated carbocycles. The van der Waals surface area contributed by atoms with Crippen molar-refractivity contribution in [2.45, 2.75) is 122 Å². The topological polar surface area (TPSA) is 80.1 Å². The van der Waals surface area contributed by atoms with Gasteiger partial charge < -0.3 is 18.9 Å². The molecule has 7 nitrogen and oxygen atoms in total. The minimum absolute atomic E-state index is 0.0891. The van der Waals surface area contributed by atoms with Crippen molar-refractivity contribution < 1.29 is 23.9 Å². The lowest BCUT2D eigenvalue weighted by Crippen LogP contribution is -2.37. The lowest BCUT2D eigenvalue weighted by Gasteiger charge is -2.37. The number of benzene rings is 2. The molecule has 0 radical (unpaired) electrons. The Morgan fingerprint density at radius 2 is 1.53 bits per heavy atom. The van der Waals surface area contributed by atoms with Gasteiger partial charge in [0.25, 0.3) is 0 Å². The van der Waals surface area contributed by atoms with Crippen LogP contribution in [-0.2, 0) is 19.8 Å². The molecular formula is C38H55NO6. The van der Waals surface area contributed by atoms with E-state index in [0.29, 0.717) is 12.4 Å². The summed E-state index contributed by atoms with van der Waals surface area (Å²) in [6.45, 7) is 7.07. The predicted molar refractivity (Wildman–Crippen MR) is 182 cm³/mol. The van der Waals surface area contributed by atoms with Crippen molar-refractivity contribution in [2.24, 2.45) is 0 Å². The number of hydrogen-bond acceptors (Lipinski definition) is 6. The Bertz CT molecular complexity index is 1250. The Kier molecular flexibility index (Phi) is 15.5. The third-order valence-corrected chi connectivity index (χ3v) is 8.69. The van der Waals surface area contributed by atoms with Crippen molar-refractivity contribution in [1.82, 2.24) is 0 Å².